The van der Waals surface area contributed by atoms with E-state index >= 15 is 0 Å². The van der Waals surface area contributed by atoms with E-state index in [1.807, 2.05) is 0 Å². The van der Waals surface area contributed by atoms with Crippen LogP contribution in [-0.4, -0.2) is 54.1 Å². The van der Waals surface area contributed by atoms with E-state index in [1.165, 1.54) is 31.5 Å². The van der Waals surface area contributed by atoms with Gasteiger partial charge in [0.1, 0.15) is 29.1 Å². The number of methoxy groups -OCH3 is 1. The van der Waals surface area contributed by atoms with Crippen LogP contribution in [-0.2, 0) is 4.74 Å². The number of aliphatic imine (C=N–C) groups is 1. The molecule has 5 N–H and O–H groups in total. The Morgan fingerprint density at radius 3 is 2.85 bits per heavy atom. The summed E-state index contributed by atoms with van der Waals surface area (Å²) in [4.78, 5) is 16.2. The number of nitrogens with two attached hydrogens (primary N) is 1. The monoisotopic (exact) mass is 464 g/mol. The Hall–Kier alpha value is -4.17. The minimum Gasteiger partial charge on any atom is -0.495 e. The van der Waals surface area contributed by atoms with Crippen LogP contribution in [0.1, 0.15) is 24.0 Å². The summed E-state index contributed by atoms with van der Waals surface area (Å²) in [7, 11) is 3.03. The van der Waals surface area contributed by atoms with Gasteiger partial charge < -0.3 is 30.8 Å². The Morgan fingerprint density at radius 1 is 1.38 bits per heavy atom. The number of anilines is 3. The van der Waals surface area contributed by atoms with Gasteiger partial charge in [-0.1, -0.05) is 0 Å². The lowest BCUT2D eigenvalue weighted by Gasteiger charge is -2.24. The van der Waals surface area contributed by atoms with E-state index in [4.69, 9.17) is 15.2 Å². The van der Waals surface area contributed by atoms with Crippen molar-refractivity contribution in [1.29, 1.82) is 5.26 Å². The van der Waals surface area contributed by atoms with E-state index in [0.717, 1.165) is 12.8 Å². The van der Waals surface area contributed by atoms with Gasteiger partial charge >= 0.3 is 0 Å². The number of rotatable bonds is 7. The van der Waals surface area contributed by atoms with E-state index in [0.29, 0.717) is 52.8 Å². The molecule has 2 aromatic heterocycles. The third-order valence-electron chi connectivity index (χ3n) is 5.52. The van der Waals surface area contributed by atoms with E-state index < -0.39 is 5.82 Å². The fraction of sp³-hybridized carbons (Fsp3) is 0.304. The van der Waals surface area contributed by atoms with Crippen LogP contribution in [0.2, 0.25) is 0 Å². The second-order valence-electron chi connectivity index (χ2n) is 7.59. The summed E-state index contributed by atoms with van der Waals surface area (Å²) in [6.07, 6.45) is 6.03. The molecule has 0 saturated carbocycles. The van der Waals surface area contributed by atoms with Crippen molar-refractivity contribution >= 4 is 34.2 Å². The lowest BCUT2D eigenvalue weighted by atomic mass is 10.1. The van der Waals surface area contributed by atoms with Gasteiger partial charge in [-0.05, 0) is 31.2 Å². The average Bonchev–Trinajstić information content (AvgIpc) is 3.27. The SMILES string of the molecule is CN=C(C=CN)c1cc(OC)c(Nc2nc(NC3CCOCC3)c3c(C#N)c[nH]c3n2)cc1F. The third-order valence-corrected chi connectivity index (χ3v) is 5.52. The van der Waals surface area contributed by atoms with Crippen molar-refractivity contribution in [1.82, 2.24) is 15.0 Å². The molecule has 0 radical (unpaired) electrons. The first-order valence-electron chi connectivity index (χ1n) is 10.7. The lowest BCUT2D eigenvalue weighted by Crippen LogP contribution is -2.28. The van der Waals surface area contributed by atoms with Crippen LogP contribution < -0.4 is 21.1 Å². The Labute approximate surface area is 195 Å². The molecule has 176 valence electrons. The molecule has 0 bridgehead atoms. The summed E-state index contributed by atoms with van der Waals surface area (Å²) >= 11 is 0. The van der Waals surface area contributed by atoms with E-state index in [1.54, 1.807) is 13.2 Å². The molecule has 1 aliphatic rings. The number of nitrogens with zero attached hydrogens (tertiary/aromatic N) is 4. The minimum atomic E-state index is -0.518. The van der Waals surface area contributed by atoms with Crippen molar-refractivity contribution in [2.24, 2.45) is 10.7 Å². The number of nitrogens with one attached hydrogen (secondary N) is 3. The highest BCUT2D eigenvalue weighted by Gasteiger charge is 2.20. The number of aromatic amines is 1. The molecule has 4 rings (SSSR count). The molecule has 1 fully saturated rings. The number of benzene rings is 1. The molecular formula is C23H25FN8O2. The molecule has 1 saturated heterocycles. The number of hydrogen-bond acceptors (Lipinski definition) is 9. The molecule has 0 spiro atoms. The van der Waals surface area contributed by atoms with Gasteiger partial charge in [0.2, 0.25) is 5.95 Å². The van der Waals surface area contributed by atoms with E-state index in [2.05, 4.69) is 36.6 Å². The Morgan fingerprint density at radius 2 is 2.18 bits per heavy atom. The summed E-state index contributed by atoms with van der Waals surface area (Å²) in [5.41, 5.74) is 7.32. The lowest BCUT2D eigenvalue weighted by molar-refractivity contribution is 0.0904. The van der Waals surface area contributed by atoms with Crippen LogP contribution in [0.3, 0.4) is 0 Å². The van der Waals surface area contributed by atoms with Crippen LogP contribution in [0.25, 0.3) is 11.0 Å². The van der Waals surface area contributed by atoms with Crippen molar-refractivity contribution in [2.45, 2.75) is 18.9 Å². The van der Waals surface area contributed by atoms with Gasteiger partial charge in [0.05, 0.1) is 29.5 Å². The normalized spacial score (nSPS) is 14.9. The quantitative estimate of drug-likeness (QED) is 0.390. The Balaban J connectivity index is 1.73. The predicted octanol–water partition coefficient (Wildman–Crippen LogP) is 3.20. The van der Waals surface area contributed by atoms with Crippen LogP contribution in [0.5, 0.6) is 5.75 Å². The first-order chi connectivity index (χ1) is 16.6. The van der Waals surface area contributed by atoms with Crippen molar-refractivity contribution in [3.05, 3.63) is 47.5 Å². The van der Waals surface area contributed by atoms with Crippen molar-refractivity contribution in [2.75, 3.05) is 38.0 Å². The number of hydrogen-bond donors (Lipinski definition) is 4. The molecule has 1 aliphatic heterocycles. The molecule has 11 heteroatoms. The molecule has 34 heavy (non-hydrogen) atoms. The van der Waals surface area contributed by atoms with Crippen LogP contribution in [0.15, 0.2) is 35.6 Å². The Kier molecular flexibility index (Phi) is 6.89. The fourth-order valence-corrected chi connectivity index (χ4v) is 3.83. The van der Waals surface area contributed by atoms with Gasteiger partial charge in [0.25, 0.3) is 0 Å². The van der Waals surface area contributed by atoms with Gasteiger partial charge in [-0.15, -0.1) is 0 Å². The van der Waals surface area contributed by atoms with E-state index in [9.17, 15) is 9.65 Å². The first-order valence-corrected chi connectivity index (χ1v) is 10.7. The smallest absolute Gasteiger partial charge is 0.231 e. The van der Waals surface area contributed by atoms with Crippen molar-refractivity contribution in [3.63, 3.8) is 0 Å². The molecule has 10 nitrogen and oxygen atoms in total. The van der Waals surface area contributed by atoms with Crippen molar-refractivity contribution in [3.8, 4) is 11.8 Å². The maximum absolute atomic E-state index is 15.0. The molecule has 0 aliphatic carbocycles. The zero-order chi connectivity index (χ0) is 24.1. The molecular weight excluding hydrogens is 439 g/mol. The molecule has 0 atom stereocenters. The Bertz CT molecular complexity index is 1290. The number of ether oxygens (including phenoxy) is 2. The predicted molar refractivity (Wildman–Crippen MR) is 128 cm³/mol. The molecule has 0 amide bonds. The highest BCUT2D eigenvalue weighted by atomic mass is 19.1. The first kappa shape index (κ1) is 23.0. The molecule has 0 unspecified atom stereocenters. The number of fused-ring (bicyclic) bond motifs is 1. The summed E-state index contributed by atoms with van der Waals surface area (Å²) in [5, 5.41) is 16.6. The zero-order valence-electron chi connectivity index (χ0n) is 18.9. The van der Waals surface area contributed by atoms with Gasteiger partial charge in [0, 0.05) is 44.1 Å². The number of aromatic nitrogens is 3. The van der Waals surface area contributed by atoms with Crippen LogP contribution in [0, 0.1) is 17.1 Å². The largest absolute Gasteiger partial charge is 0.495 e. The van der Waals surface area contributed by atoms with Gasteiger partial charge in [-0.3, -0.25) is 4.99 Å². The second kappa shape index (κ2) is 10.2. The summed E-state index contributed by atoms with van der Waals surface area (Å²) in [6.45, 7) is 1.31. The number of H-pyrrole nitrogens is 1. The molecule has 1 aromatic carbocycles. The summed E-state index contributed by atoms with van der Waals surface area (Å²) in [6, 6.07) is 5.13. The minimum absolute atomic E-state index is 0.148. The van der Waals surface area contributed by atoms with Crippen LogP contribution in [0.4, 0.5) is 21.8 Å². The fourth-order valence-electron chi connectivity index (χ4n) is 3.83. The summed E-state index contributed by atoms with van der Waals surface area (Å²) in [5.74, 6) is 0.580. The highest BCUT2D eigenvalue weighted by molar-refractivity contribution is 6.09. The standard InChI is InChI=1S/C23H25FN8O2/c1-27-17(3-6-25)15-9-19(33-2)18(10-16(15)24)30-23-31-21-20(13(11-26)12-28-21)22(32-23)29-14-4-7-34-8-5-14/h3,6,9-10,12,14H,4-5,7-8,25H2,1-2H3,(H3,28,29,30,31,32). The maximum atomic E-state index is 15.0. The van der Waals surface area contributed by atoms with Gasteiger partial charge in [0.15, 0.2) is 0 Å². The highest BCUT2D eigenvalue weighted by Crippen LogP contribution is 2.32. The zero-order valence-corrected chi connectivity index (χ0v) is 18.9. The molecule has 3 heterocycles. The third kappa shape index (κ3) is 4.62. The number of nitriles is 1. The maximum Gasteiger partial charge on any atom is 0.231 e. The average molecular weight is 465 g/mol. The van der Waals surface area contributed by atoms with E-state index in [-0.39, 0.29) is 17.6 Å². The van der Waals surface area contributed by atoms with Crippen LogP contribution >= 0.6 is 0 Å². The second-order valence-corrected chi connectivity index (χ2v) is 7.59. The summed E-state index contributed by atoms with van der Waals surface area (Å²) < 4.78 is 25.9. The number of halogens is 1. The number of allylic oxidation sites excluding steroid dienone is 1. The molecule has 3 aromatic rings. The van der Waals surface area contributed by atoms with Gasteiger partial charge in [-0.25, -0.2) is 4.39 Å². The van der Waals surface area contributed by atoms with Gasteiger partial charge in [-0.2, -0.15) is 15.2 Å². The van der Waals surface area contributed by atoms with Crippen molar-refractivity contribution < 1.29 is 13.9 Å². The topological polar surface area (TPSA) is 146 Å².